The number of hydrogen-bond acceptors (Lipinski definition) is 4. The van der Waals surface area contributed by atoms with Crippen molar-refractivity contribution in [2.75, 3.05) is 7.11 Å². The quantitative estimate of drug-likeness (QED) is 0.231. The first-order chi connectivity index (χ1) is 13.9. The van der Waals surface area contributed by atoms with E-state index in [1.807, 2.05) is 12.1 Å². The Morgan fingerprint density at radius 3 is 2.72 bits per heavy atom. The number of furan rings is 1. The van der Waals surface area contributed by atoms with E-state index in [0.29, 0.717) is 32.9 Å². The number of carbonyl (C=O) groups is 1. The molecule has 0 aliphatic rings. The Hall–Kier alpha value is -1.73. The van der Waals surface area contributed by atoms with Gasteiger partial charge in [-0.05, 0) is 58.4 Å². The summed E-state index contributed by atoms with van der Waals surface area (Å²) in [6.07, 6.45) is 2.95. The van der Waals surface area contributed by atoms with E-state index in [9.17, 15) is 4.79 Å². The molecule has 150 valence electrons. The maximum Gasteiger partial charge on any atom is 0.331 e. The highest BCUT2D eigenvalue weighted by atomic mass is 79.9. The SMILES string of the molecule is COc1c(Br)cc(Br)cc1/C=C/C(=O)OCc1ccc(-c2cccc(Cl)c2Cl)o1. The summed E-state index contributed by atoms with van der Waals surface area (Å²) < 4.78 is 17.9. The average Bonchev–Trinajstić information content (AvgIpc) is 3.15. The van der Waals surface area contributed by atoms with E-state index in [2.05, 4.69) is 31.9 Å². The van der Waals surface area contributed by atoms with Crippen molar-refractivity contribution in [3.63, 3.8) is 0 Å². The molecule has 0 atom stereocenters. The van der Waals surface area contributed by atoms with Gasteiger partial charge >= 0.3 is 5.97 Å². The fraction of sp³-hybridized carbons (Fsp3) is 0.0952. The highest BCUT2D eigenvalue weighted by Gasteiger charge is 2.12. The molecular weight excluding hydrogens is 547 g/mol. The molecular formula is C21H14Br2Cl2O4. The van der Waals surface area contributed by atoms with Gasteiger partial charge in [0.2, 0.25) is 0 Å². The van der Waals surface area contributed by atoms with Crippen LogP contribution in [0.4, 0.5) is 0 Å². The zero-order valence-corrected chi connectivity index (χ0v) is 19.7. The Bertz CT molecular complexity index is 1080. The van der Waals surface area contributed by atoms with Crippen molar-refractivity contribution in [3.05, 3.63) is 78.9 Å². The van der Waals surface area contributed by atoms with Gasteiger partial charge < -0.3 is 13.9 Å². The molecule has 29 heavy (non-hydrogen) atoms. The first-order valence-corrected chi connectivity index (χ1v) is 10.6. The summed E-state index contributed by atoms with van der Waals surface area (Å²) in [5, 5.41) is 0.845. The number of methoxy groups -OCH3 is 1. The third kappa shape index (κ3) is 5.45. The van der Waals surface area contributed by atoms with E-state index >= 15 is 0 Å². The van der Waals surface area contributed by atoms with E-state index < -0.39 is 5.97 Å². The molecule has 0 spiro atoms. The van der Waals surface area contributed by atoms with Crippen LogP contribution < -0.4 is 4.74 Å². The average molecular weight is 561 g/mol. The summed E-state index contributed by atoms with van der Waals surface area (Å²) in [6, 6.07) is 12.4. The topological polar surface area (TPSA) is 48.7 Å². The molecule has 8 heteroatoms. The molecule has 0 unspecified atom stereocenters. The van der Waals surface area contributed by atoms with Gasteiger partial charge in [0, 0.05) is 21.7 Å². The van der Waals surface area contributed by atoms with Crippen LogP contribution in [0.25, 0.3) is 17.4 Å². The summed E-state index contributed by atoms with van der Waals surface area (Å²) in [5.74, 6) is 1.14. The Balaban J connectivity index is 1.66. The molecule has 3 rings (SSSR count). The number of ether oxygens (including phenoxy) is 2. The van der Waals surface area contributed by atoms with Crippen molar-refractivity contribution in [2.24, 2.45) is 0 Å². The first kappa shape index (κ1) is 22.0. The summed E-state index contributed by atoms with van der Waals surface area (Å²) >= 11 is 19.1. The minimum Gasteiger partial charge on any atom is -0.495 e. The van der Waals surface area contributed by atoms with Crippen molar-refractivity contribution < 1.29 is 18.7 Å². The van der Waals surface area contributed by atoms with Crippen molar-refractivity contribution in [3.8, 4) is 17.1 Å². The molecule has 0 fully saturated rings. The van der Waals surface area contributed by atoms with Crippen LogP contribution in [0.3, 0.4) is 0 Å². The number of carbonyl (C=O) groups excluding carboxylic acids is 1. The summed E-state index contributed by atoms with van der Waals surface area (Å²) in [5.41, 5.74) is 1.39. The molecule has 0 bridgehead atoms. The lowest BCUT2D eigenvalue weighted by Gasteiger charge is -2.08. The van der Waals surface area contributed by atoms with Gasteiger partial charge in [0.05, 0.1) is 21.6 Å². The van der Waals surface area contributed by atoms with Crippen LogP contribution in [-0.4, -0.2) is 13.1 Å². The van der Waals surface area contributed by atoms with E-state index in [-0.39, 0.29) is 6.61 Å². The fourth-order valence-corrected chi connectivity index (χ4v) is 4.38. The van der Waals surface area contributed by atoms with Crippen LogP contribution in [0.1, 0.15) is 11.3 Å². The zero-order chi connectivity index (χ0) is 21.0. The Labute approximate surface area is 194 Å². The fourth-order valence-electron chi connectivity index (χ4n) is 2.56. The predicted octanol–water partition coefficient (Wildman–Crippen LogP) is 7.54. The van der Waals surface area contributed by atoms with Crippen LogP contribution >= 0.6 is 55.1 Å². The molecule has 1 aromatic heterocycles. The van der Waals surface area contributed by atoms with Crippen LogP contribution in [0.2, 0.25) is 10.0 Å². The smallest absolute Gasteiger partial charge is 0.331 e. The molecule has 0 amide bonds. The van der Waals surface area contributed by atoms with Gasteiger partial charge in [-0.1, -0.05) is 45.2 Å². The van der Waals surface area contributed by atoms with Crippen molar-refractivity contribution in [1.29, 1.82) is 0 Å². The van der Waals surface area contributed by atoms with Gasteiger partial charge in [-0.15, -0.1) is 0 Å². The number of esters is 1. The second-order valence-electron chi connectivity index (χ2n) is 5.82. The lowest BCUT2D eigenvalue weighted by atomic mass is 10.2. The van der Waals surface area contributed by atoms with Crippen LogP contribution in [0.5, 0.6) is 5.75 Å². The molecule has 0 radical (unpaired) electrons. The third-order valence-corrected chi connectivity index (χ3v) is 5.74. The monoisotopic (exact) mass is 558 g/mol. The lowest BCUT2D eigenvalue weighted by Crippen LogP contribution is -2.00. The lowest BCUT2D eigenvalue weighted by molar-refractivity contribution is -0.139. The maximum atomic E-state index is 12.1. The van der Waals surface area contributed by atoms with E-state index in [1.54, 1.807) is 43.5 Å². The van der Waals surface area contributed by atoms with Gasteiger partial charge in [-0.25, -0.2) is 4.79 Å². The normalized spacial score (nSPS) is 11.1. The Kier molecular flexibility index (Phi) is 7.46. The number of hydrogen-bond donors (Lipinski definition) is 0. The second kappa shape index (κ2) is 9.85. The molecule has 2 aromatic carbocycles. The van der Waals surface area contributed by atoms with Crippen molar-refractivity contribution in [2.45, 2.75) is 6.61 Å². The van der Waals surface area contributed by atoms with Crippen LogP contribution in [0, 0.1) is 0 Å². The highest BCUT2D eigenvalue weighted by Crippen LogP contribution is 2.35. The van der Waals surface area contributed by atoms with Gasteiger partial charge in [0.15, 0.2) is 0 Å². The molecule has 0 aliphatic carbocycles. The summed E-state index contributed by atoms with van der Waals surface area (Å²) in [4.78, 5) is 12.1. The summed E-state index contributed by atoms with van der Waals surface area (Å²) in [6.45, 7) is -0.0132. The minimum absolute atomic E-state index is 0.0132. The molecule has 0 aliphatic heterocycles. The minimum atomic E-state index is -0.512. The molecule has 0 saturated carbocycles. The molecule has 4 nitrogen and oxygen atoms in total. The van der Waals surface area contributed by atoms with E-state index in [0.717, 1.165) is 14.5 Å². The first-order valence-electron chi connectivity index (χ1n) is 8.30. The molecule has 1 heterocycles. The maximum absolute atomic E-state index is 12.1. The standard InChI is InChI=1S/C21H14Br2Cl2O4/c1-27-21-12(9-13(22)10-16(21)23)5-8-19(26)28-11-14-6-7-18(29-14)15-3-2-4-17(24)20(15)25/h2-10H,11H2,1H3/b8-5+. The van der Waals surface area contributed by atoms with Crippen LogP contribution in [0.15, 0.2) is 61.9 Å². The van der Waals surface area contributed by atoms with Crippen LogP contribution in [-0.2, 0) is 16.1 Å². The van der Waals surface area contributed by atoms with E-state index in [4.69, 9.17) is 37.1 Å². The van der Waals surface area contributed by atoms with Gasteiger partial charge in [-0.2, -0.15) is 0 Å². The Morgan fingerprint density at radius 1 is 1.17 bits per heavy atom. The summed E-state index contributed by atoms with van der Waals surface area (Å²) in [7, 11) is 1.56. The van der Waals surface area contributed by atoms with Gasteiger partial charge in [0.1, 0.15) is 23.9 Å². The molecule has 0 N–H and O–H groups in total. The van der Waals surface area contributed by atoms with Crippen molar-refractivity contribution >= 4 is 67.1 Å². The second-order valence-corrected chi connectivity index (χ2v) is 8.37. The number of halogens is 4. The Morgan fingerprint density at radius 2 is 1.97 bits per heavy atom. The number of benzene rings is 2. The zero-order valence-electron chi connectivity index (χ0n) is 15.0. The highest BCUT2D eigenvalue weighted by molar-refractivity contribution is 9.11. The van der Waals surface area contributed by atoms with E-state index in [1.165, 1.54) is 6.08 Å². The number of rotatable bonds is 6. The molecule has 3 aromatic rings. The largest absolute Gasteiger partial charge is 0.495 e. The van der Waals surface area contributed by atoms with Gasteiger partial charge in [0.25, 0.3) is 0 Å². The third-order valence-electron chi connectivity index (χ3n) is 3.88. The predicted molar refractivity (Wildman–Crippen MR) is 121 cm³/mol. The molecule has 0 saturated heterocycles. The van der Waals surface area contributed by atoms with Gasteiger partial charge in [-0.3, -0.25) is 0 Å². The van der Waals surface area contributed by atoms with Crippen molar-refractivity contribution in [1.82, 2.24) is 0 Å².